The standard InChI is InChI=1S/C30H25ClF3N5O2/c1-5-19(14-35)27(36-4)21-12-17(2)38-28-20(21)8-6-10-26(28)41-16-22-24(31)13-18(3)37-25(22)15-39-11-7-9-23(29(39)40)30(32,33)34/h5-13H,15-16H2,1-4H3/b19-5-,36-27+. The van der Waals surface area contributed by atoms with Crippen LogP contribution in [0.1, 0.15) is 40.7 Å². The van der Waals surface area contributed by atoms with Gasteiger partial charge in [0.1, 0.15) is 29.5 Å². The molecule has 0 radical (unpaired) electrons. The Labute approximate surface area is 239 Å². The maximum atomic E-state index is 13.3. The second-order valence-corrected chi connectivity index (χ2v) is 9.57. The number of hydrogen-bond donors (Lipinski definition) is 0. The summed E-state index contributed by atoms with van der Waals surface area (Å²) in [6.07, 6.45) is -1.83. The van der Waals surface area contributed by atoms with Crippen molar-refractivity contribution in [3.63, 3.8) is 0 Å². The predicted octanol–water partition coefficient (Wildman–Crippen LogP) is 6.60. The number of nitriles is 1. The molecule has 0 N–H and O–H groups in total. The zero-order valence-corrected chi connectivity index (χ0v) is 23.4. The van der Waals surface area contributed by atoms with Gasteiger partial charge in [0.25, 0.3) is 5.56 Å². The Balaban J connectivity index is 1.75. The molecule has 1 aromatic carbocycles. The van der Waals surface area contributed by atoms with Crippen molar-refractivity contribution >= 4 is 28.2 Å². The van der Waals surface area contributed by atoms with Crippen LogP contribution < -0.4 is 10.3 Å². The third kappa shape index (κ3) is 6.15. The minimum atomic E-state index is -4.79. The minimum absolute atomic E-state index is 0.0910. The van der Waals surface area contributed by atoms with Crippen molar-refractivity contribution in [3.05, 3.63) is 109 Å². The Hall–Kier alpha value is -4.49. The van der Waals surface area contributed by atoms with E-state index in [9.17, 15) is 23.2 Å². The molecule has 210 valence electrons. The number of benzene rings is 1. The number of hydrogen-bond acceptors (Lipinski definition) is 6. The second kappa shape index (κ2) is 11.9. The van der Waals surface area contributed by atoms with Gasteiger partial charge in [-0.1, -0.05) is 29.8 Å². The van der Waals surface area contributed by atoms with Gasteiger partial charge in [0.2, 0.25) is 0 Å². The lowest BCUT2D eigenvalue weighted by Gasteiger charge is -2.17. The summed E-state index contributed by atoms with van der Waals surface area (Å²) in [5.41, 5.74) is 1.66. The van der Waals surface area contributed by atoms with Crippen LogP contribution in [0.4, 0.5) is 13.2 Å². The first-order valence-corrected chi connectivity index (χ1v) is 12.8. The molecule has 0 saturated heterocycles. The molecule has 3 aromatic heterocycles. The van der Waals surface area contributed by atoms with Gasteiger partial charge in [0.15, 0.2) is 0 Å². The summed E-state index contributed by atoms with van der Waals surface area (Å²) < 4.78 is 47.1. The zero-order chi connectivity index (χ0) is 29.9. The molecule has 4 aromatic rings. The van der Waals surface area contributed by atoms with E-state index in [-0.39, 0.29) is 13.2 Å². The number of halogens is 4. The SMILES string of the molecule is C/C=C(C#N)\C(=N/C)c1cc(C)nc2c(OCc3c(Cl)cc(C)nc3Cn3cccc(C(F)(F)F)c3=O)cccc12. The van der Waals surface area contributed by atoms with Gasteiger partial charge in [0.05, 0.1) is 28.5 Å². The summed E-state index contributed by atoms with van der Waals surface area (Å²) in [4.78, 5) is 26.0. The van der Waals surface area contributed by atoms with E-state index < -0.39 is 17.3 Å². The fourth-order valence-electron chi connectivity index (χ4n) is 4.50. The Morgan fingerprint density at radius 2 is 1.90 bits per heavy atom. The van der Waals surface area contributed by atoms with Gasteiger partial charge in [-0.25, -0.2) is 4.98 Å². The molecule has 0 unspecified atom stereocenters. The highest BCUT2D eigenvalue weighted by atomic mass is 35.5. The van der Waals surface area contributed by atoms with Crippen molar-refractivity contribution < 1.29 is 17.9 Å². The number of fused-ring (bicyclic) bond motifs is 1. The van der Waals surface area contributed by atoms with Gasteiger partial charge in [-0.3, -0.25) is 14.8 Å². The molecule has 0 spiro atoms. The van der Waals surface area contributed by atoms with Gasteiger partial charge in [-0.2, -0.15) is 18.4 Å². The largest absolute Gasteiger partial charge is 0.486 e. The van der Waals surface area contributed by atoms with Gasteiger partial charge < -0.3 is 9.30 Å². The summed E-state index contributed by atoms with van der Waals surface area (Å²) >= 11 is 6.55. The van der Waals surface area contributed by atoms with Gasteiger partial charge >= 0.3 is 6.18 Å². The fourth-order valence-corrected chi connectivity index (χ4v) is 4.82. The van der Waals surface area contributed by atoms with Crippen LogP contribution in [0.3, 0.4) is 0 Å². The molecule has 0 amide bonds. The molecule has 3 heterocycles. The number of aryl methyl sites for hydroxylation is 2. The number of allylic oxidation sites excluding steroid dienone is 2. The molecule has 7 nitrogen and oxygen atoms in total. The first-order valence-electron chi connectivity index (χ1n) is 12.5. The number of nitrogens with zero attached hydrogens (tertiary/aromatic N) is 5. The fraction of sp³-hybridized carbons (Fsp3) is 0.233. The molecule has 41 heavy (non-hydrogen) atoms. The van der Waals surface area contributed by atoms with E-state index in [1.54, 1.807) is 45.2 Å². The van der Waals surface area contributed by atoms with Crippen LogP contribution >= 0.6 is 11.6 Å². The van der Waals surface area contributed by atoms with Crippen LogP contribution in [0.2, 0.25) is 5.02 Å². The number of aliphatic imine (C=N–C) groups is 1. The smallest absolute Gasteiger partial charge is 0.421 e. The molecule has 0 aliphatic carbocycles. The Morgan fingerprint density at radius 3 is 2.56 bits per heavy atom. The highest BCUT2D eigenvalue weighted by Gasteiger charge is 2.34. The molecule has 4 rings (SSSR count). The molecular weight excluding hydrogens is 555 g/mol. The van der Waals surface area contributed by atoms with Crippen molar-refractivity contribution in [2.45, 2.75) is 40.1 Å². The maximum absolute atomic E-state index is 13.3. The molecule has 0 aliphatic heterocycles. The quantitative estimate of drug-likeness (QED) is 0.182. The van der Waals surface area contributed by atoms with Crippen LogP contribution in [0.5, 0.6) is 5.75 Å². The third-order valence-electron chi connectivity index (χ3n) is 6.37. The van der Waals surface area contributed by atoms with E-state index in [1.807, 2.05) is 19.1 Å². The number of alkyl halides is 3. The summed E-state index contributed by atoms with van der Waals surface area (Å²) in [7, 11) is 1.61. The van der Waals surface area contributed by atoms with E-state index in [0.717, 1.165) is 16.2 Å². The number of para-hydroxylation sites is 1. The monoisotopic (exact) mass is 579 g/mol. The van der Waals surface area contributed by atoms with Gasteiger partial charge in [-0.15, -0.1) is 0 Å². The van der Waals surface area contributed by atoms with Crippen LogP contribution in [-0.2, 0) is 19.3 Å². The number of ether oxygens (including phenoxy) is 1. The molecule has 0 fully saturated rings. The lowest BCUT2D eigenvalue weighted by Crippen LogP contribution is -2.29. The average Bonchev–Trinajstić information content (AvgIpc) is 2.91. The normalized spacial score (nSPS) is 12.5. The number of aromatic nitrogens is 3. The summed E-state index contributed by atoms with van der Waals surface area (Å²) in [5.74, 6) is 0.417. The molecule has 11 heteroatoms. The van der Waals surface area contributed by atoms with Crippen molar-refractivity contribution in [1.29, 1.82) is 5.26 Å². The summed E-state index contributed by atoms with van der Waals surface area (Å²) in [6, 6.07) is 12.9. The Kier molecular flexibility index (Phi) is 8.59. The Bertz CT molecular complexity index is 1800. The molecule has 0 atom stereocenters. The predicted molar refractivity (Wildman–Crippen MR) is 151 cm³/mol. The highest BCUT2D eigenvalue weighted by molar-refractivity contribution is 6.31. The van der Waals surface area contributed by atoms with Crippen molar-refractivity contribution in [2.24, 2.45) is 4.99 Å². The highest BCUT2D eigenvalue weighted by Crippen LogP contribution is 2.31. The van der Waals surface area contributed by atoms with Crippen LogP contribution in [0.15, 0.2) is 70.1 Å². The summed E-state index contributed by atoms with van der Waals surface area (Å²) in [6.45, 7) is 4.95. The van der Waals surface area contributed by atoms with Crippen LogP contribution in [0, 0.1) is 25.2 Å². The van der Waals surface area contributed by atoms with Crippen molar-refractivity contribution in [2.75, 3.05) is 7.05 Å². The van der Waals surface area contributed by atoms with Gasteiger partial charge in [-0.05, 0) is 51.1 Å². The summed E-state index contributed by atoms with van der Waals surface area (Å²) in [5, 5.41) is 10.6. The maximum Gasteiger partial charge on any atom is 0.421 e. The van der Waals surface area contributed by atoms with E-state index in [4.69, 9.17) is 16.3 Å². The topological polar surface area (TPSA) is 93.2 Å². The van der Waals surface area contributed by atoms with E-state index in [1.165, 1.54) is 12.3 Å². The van der Waals surface area contributed by atoms with Crippen molar-refractivity contribution in [1.82, 2.24) is 14.5 Å². The lowest BCUT2D eigenvalue weighted by atomic mass is 9.98. The zero-order valence-electron chi connectivity index (χ0n) is 22.7. The number of pyridine rings is 3. The van der Waals surface area contributed by atoms with Gasteiger partial charge in [0, 0.05) is 41.1 Å². The lowest BCUT2D eigenvalue weighted by molar-refractivity contribution is -0.138. The second-order valence-electron chi connectivity index (χ2n) is 9.16. The number of rotatable bonds is 7. The van der Waals surface area contributed by atoms with E-state index in [2.05, 4.69) is 21.0 Å². The molecular formula is C30H25ClF3N5O2. The average molecular weight is 580 g/mol. The van der Waals surface area contributed by atoms with E-state index in [0.29, 0.717) is 55.6 Å². The first-order chi connectivity index (χ1) is 19.5. The van der Waals surface area contributed by atoms with Crippen LogP contribution in [-0.4, -0.2) is 27.3 Å². The third-order valence-corrected chi connectivity index (χ3v) is 6.71. The molecule has 0 bridgehead atoms. The minimum Gasteiger partial charge on any atom is -0.486 e. The van der Waals surface area contributed by atoms with Crippen LogP contribution in [0.25, 0.3) is 10.9 Å². The van der Waals surface area contributed by atoms with E-state index >= 15 is 0 Å². The first kappa shape index (κ1) is 29.5. The van der Waals surface area contributed by atoms with Crippen molar-refractivity contribution in [3.8, 4) is 11.8 Å². The molecule has 0 saturated carbocycles. The Morgan fingerprint density at radius 1 is 1.17 bits per heavy atom. The molecule has 0 aliphatic rings.